The number of rotatable bonds is 7. The largest absolute Gasteiger partial charge is 0.400 e. The molecule has 4 rings (SSSR count). The predicted octanol–water partition coefficient (Wildman–Crippen LogP) is 5.70. The number of nitrogens with one attached hydrogen (secondary N) is 1. The summed E-state index contributed by atoms with van der Waals surface area (Å²) in [5.74, 6) is 0.637. The first kappa shape index (κ1) is 19.5. The minimum atomic E-state index is -2.42. The Hall–Kier alpha value is -2.84. The lowest BCUT2D eigenvalue weighted by atomic mass is 10.0. The second-order valence-corrected chi connectivity index (χ2v) is 11.7. The van der Waals surface area contributed by atoms with Gasteiger partial charge in [0.2, 0.25) is 8.24 Å². The molecule has 3 aromatic carbocycles. The van der Waals surface area contributed by atoms with Gasteiger partial charge in [0.25, 0.3) is 0 Å². The van der Waals surface area contributed by atoms with Gasteiger partial charge in [0.05, 0.1) is 0 Å². The molecule has 0 aromatic heterocycles. The molecule has 0 fully saturated rings. The summed E-state index contributed by atoms with van der Waals surface area (Å²) in [6.45, 7) is 4.63. The molecule has 0 spiro atoms. The topological polar surface area (TPSA) is 12.0 Å². The summed E-state index contributed by atoms with van der Waals surface area (Å²) in [5.41, 5.74) is 2.71. The normalized spacial score (nSPS) is 13.9. The number of allylic oxidation sites excluding steroid dienone is 4. The van der Waals surface area contributed by atoms with Gasteiger partial charge in [-0.2, -0.15) is 0 Å². The lowest BCUT2D eigenvalue weighted by Gasteiger charge is -2.37. The summed E-state index contributed by atoms with van der Waals surface area (Å²) in [7, 11) is -2.42. The van der Waals surface area contributed by atoms with E-state index in [-0.39, 0.29) is 0 Å². The molecule has 29 heavy (non-hydrogen) atoms. The van der Waals surface area contributed by atoms with Gasteiger partial charge in [0.15, 0.2) is 0 Å². The van der Waals surface area contributed by atoms with Crippen LogP contribution >= 0.6 is 0 Å². The SMILES string of the molecule is CC(C)CC1=C([Si](Nc2ccccc2)(c2ccccc2)c2ccccc2)CC=C1. The van der Waals surface area contributed by atoms with Crippen LogP contribution in [0.15, 0.2) is 114 Å². The fourth-order valence-electron chi connectivity index (χ4n) is 4.42. The van der Waals surface area contributed by atoms with Gasteiger partial charge in [0, 0.05) is 5.69 Å². The molecule has 0 heterocycles. The quantitative estimate of drug-likeness (QED) is 0.506. The van der Waals surface area contributed by atoms with Crippen LogP contribution in [0.2, 0.25) is 0 Å². The van der Waals surface area contributed by atoms with Gasteiger partial charge in [-0.25, -0.2) is 0 Å². The molecule has 0 atom stereocenters. The Balaban J connectivity index is 1.99. The third-order valence-corrected chi connectivity index (χ3v) is 10.1. The molecule has 0 amide bonds. The summed E-state index contributed by atoms with van der Waals surface area (Å²) in [6, 6.07) is 32.9. The zero-order valence-corrected chi connectivity index (χ0v) is 18.3. The van der Waals surface area contributed by atoms with Gasteiger partial charge in [-0.15, -0.1) is 0 Å². The highest BCUT2D eigenvalue weighted by Crippen LogP contribution is 2.32. The van der Waals surface area contributed by atoms with Crippen LogP contribution in [0.1, 0.15) is 26.7 Å². The van der Waals surface area contributed by atoms with E-state index in [2.05, 4.69) is 122 Å². The predicted molar refractivity (Wildman–Crippen MR) is 128 cm³/mol. The van der Waals surface area contributed by atoms with E-state index < -0.39 is 8.24 Å². The number of hydrogen-bond donors (Lipinski definition) is 1. The van der Waals surface area contributed by atoms with E-state index in [1.54, 1.807) is 5.20 Å². The third-order valence-electron chi connectivity index (χ3n) is 5.63. The molecule has 0 unspecified atom stereocenters. The van der Waals surface area contributed by atoms with Crippen molar-refractivity contribution in [3.05, 3.63) is 114 Å². The van der Waals surface area contributed by atoms with Crippen molar-refractivity contribution in [2.24, 2.45) is 5.92 Å². The van der Waals surface area contributed by atoms with Crippen LogP contribution in [0.25, 0.3) is 0 Å². The molecule has 0 saturated heterocycles. The Morgan fingerprint density at radius 1 is 0.759 bits per heavy atom. The van der Waals surface area contributed by atoms with Crippen LogP contribution in [0.5, 0.6) is 0 Å². The minimum Gasteiger partial charge on any atom is -0.400 e. The Bertz CT molecular complexity index is 949. The Morgan fingerprint density at radius 2 is 1.28 bits per heavy atom. The lowest BCUT2D eigenvalue weighted by molar-refractivity contribution is 0.649. The molecule has 0 radical (unpaired) electrons. The summed E-state index contributed by atoms with van der Waals surface area (Å²) in [6.07, 6.45) is 6.87. The number of anilines is 1. The zero-order chi connectivity index (χ0) is 20.1. The molecule has 3 aromatic rings. The first-order valence-electron chi connectivity index (χ1n) is 10.5. The highest BCUT2D eigenvalue weighted by molar-refractivity contribution is 7.09. The Morgan fingerprint density at radius 3 is 1.79 bits per heavy atom. The van der Waals surface area contributed by atoms with E-state index >= 15 is 0 Å². The van der Waals surface area contributed by atoms with Crippen LogP contribution in [0, 0.1) is 5.92 Å². The average molecular weight is 396 g/mol. The first-order chi connectivity index (χ1) is 14.2. The van der Waals surface area contributed by atoms with E-state index in [0.29, 0.717) is 5.92 Å². The van der Waals surface area contributed by atoms with E-state index in [9.17, 15) is 0 Å². The summed E-state index contributed by atoms with van der Waals surface area (Å²) >= 11 is 0. The minimum absolute atomic E-state index is 0.637. The molecule has 2 heteroatoms. The van der Waals surface area contributed by atoms with Crippen LogP contribution in [-0.2, 0) is 0 Å². The molecule has 0 aliphatic heterocycles. The van der Waals surface area contributed by atoms with Crippen molar-refractivity contribution in [1.29, 1.82) is 0 Å². The monoisotopic (exact) mass is 395 g/mol. The smallest absolute Gasteiger partial charge is 0.247 e. The molecular formula is C27H29NSi. The summed E-state index contributed by atoms with van der Waals surface area (Å²) in [5, 5.41) is 4.41. The average Bonchev–Trinajstić information content (AvgIpc) is 3.22. The van der Waals surface area contributed by atoms with Crippen molar-refractivity contribution in [2.75, 3.05) is 4.98 Å². The van der Waals surface area contributed by atoms with Gasteiger partial charge in [-0.05, 0) is 52.0 Å². The molecule has 1 aliphatic carbocycles. The highest BCUT2D eigenvalue weighted by Gasteiger charge is 2.43. The van der Waals surface area contributed by atoms with E-state index in [1.807, 2.05) is 0 Å². The number of para-hydroxylation sites is 1. The second-order valence-electron chi connectivity index (χ2n) is 8.18. The molecule has 1 aliphatic rings. The van der Waals surface area contributed by atoms with Crippen molar-refractivity contribution >= 4 is 24.3 Å². The number of benzene rings is 3. The van der Waals surface area contributed by atoms with Crippen molar-refractivity contribution in [3.63, 3.8) is 0 Å². The maximum Gasteiger partial charge on any atom is 0.247 e. The van der Waals surface area contributed by atoms with Crippen LogP contribution in [0.4, 0.5) is 5.69 Å². The molecular weight excluding hydrogens is 366 g/mol. The van der Waals surface area contributed by atoms with Gasteiger partial charge in [-0.1, -0.05) is 105 Å². The van der Waals surface area contributed by atoms with E-state index in [1.165, 1.54) is 21.6 Å². The molecule has 0 bridgehead atoms. The first-order valence-corrected chi connectivity index (χ1v) is 12.5. The van der Waals surface area contributed by atoms with Crippen molar-refractivity contribution < 1.29 is 0 Å². The van der Waals surface area contributed by atoms with Gasteiger partial charge >= 0.3 is 0 Å². The second kappa shape index (κ2) is 8.67. The van der Waals surface area contributed by atoms with Crippen molar-refractivity contribution in [3.8, 4) is 0 Å². The molecule has 146 valence electrons. The molecule has 0 saturated carbocycles. The zero-order valence-electron chi connectivity index (χ0n) is 17.3. The number of hydrogen-bond acceptors (Lipinski definition) is 1. The van der Waals surface area contributed by atoms with Crippen molar-refractivity contribution in [1.82, 2.24) is 0 Å². The fourth-order valence-corrected chi connectivity index (χ4v) is 8.97. The van der Waals surface area contributed by atoms with E-state index in [4.69, 9.17) is 0 Å². The molecule has 1 nitrogen and oxygen atoms in total. The van der Waals surface area contributed by atoms with Crippen molar-refractivity contribution in [2.45, 2.75) is 26.7 Å². The standard InChI is InChI=1S/C27H29NSi/c1-22(2)21-23-13-12-20-27(23)29(25-16-8-4-9-17-25,26-18-10-5-11-19-26)28-24-14-6-3-7-15-24/h3-19,22,28H,20-21H2,1-2H3. The highest BCUT2D eigenvalue weighted by atomic mass is 28.3. The van der Waals surface area contributed by atoms with E-state index in [0.717, 1.165) is 12.8 Å². The van der Waals surface area contributed by atoms with Crippen LogP contribution < -0.4 is 15.4 Å². The maximum atomic E-state index is 4.11. The van der Waals surface area contributed by atoms with Crippen LogP contribution in [-0.4, -0.2) is 8.24 Å². The third kappa shape index (κ3) is 3.99. The Kier molecular flexibility index (Phi) is 5.82. The van der Waals surface area contributed by atoms with Gasteiger partial charge < -0.3 is 4.98 Å². The Labute approximate surface area is 175 Å². The molecule has 1 N–H and O–H groups in total. The van der Waals surface area contributed by atoms with Gasteiger partial charge in [-0.3, -0.25) is 0 Å². The maximum absolute atomic E-state index is 4.11. The fraction of sp³-hybridized carbons (Fsp3) is 0.185. The summed E-state index contributed by atoms with van der Waals surface area (Å²) < 4.78 is 0. The summed E-state index contributed by atoms with van der Waals surface area (Å²) in [4.78, 5) is 4.11. The van der Waals surface area contributed by atoms with Gasteiger partial charge in [0.1, 0.15) is 0 Å². The van der Waals surface area contributed by atoms with Crippen LogP contribution in [0.3, 0.4) is 0 Å². The lowest BCUT2D eigenvalue weighted by Crippen LogP contribution is -2.66.